The van der Waals surface area contributed by atoms with Crippen molar-refractivity contribution in [2.45, 2.75) is 48.2 Å². The SMILES string of the molecule is COc1ccc2c(c1)[C@]1(C[C@H]1C1CCC3C(C1)NNC3Nc1ncc(S(=O)(=O)N(C)C)cc1OC)C(=O)N2. The van der Waals surface area contributed by atoms with Gasteiger partial charge in [0.25, 0.3) is 0 Å². The molecule has 2 aromatic rings. The summed E-state index contributed by atoms with van der Waals surface area (Å²) in [7, 11) is 2.50. The molecule has 204 valence electrons. The number of aromatic nitrogens is 1. The molecule has 38 heavy (non-hydrogen) atoms. The number of nitrogens with one attached hydrogen (secondary N) is 4. The molecule has 1 amide bonds. The number of fused-ring (bicyclic) bond motifs is 3. The summed E-state index contributed by atoms with van der Waals surface area (Å²) in [6.45, 7) is 0. The van der Waals surface area contributed by atoms with E-state index < -0.39 is 15.4 Å². The van der Waals surface area contributed by atoms with E-state index >= 15 is 0 Å². The lowest BCUT2D eigenvalue weighted by atomic mass is 9.74. The number of amides is 1. The Kier molecular flexibility index (Phi) is 6.06. The maximum atomic E-state index is 13.1. The normalized spacial score (nSPS) is 31.6. The Morgan fingerprint density at radius 2 is 1.95 bits per heavy atom. The van der Waals surface area contributed by atoms with Crippen LogP contribution in [-0.2, 0) is 20.2 Å². The lowest BCUT2D eigenvalue weighted by Gasteiger charge is -2.34. The van der Waals surface area contributed by atoms with Crippen LogP contribution < -0.4 is 31.0 Å². The van der Waals surface area contributed by atoms with Crippen LogP contribution in [0.5, 0.6) is 11.5 Å². The molecular weight excluding hydrogens is 508 g/mol. The molecule has 2 aliphatic heterocycles. The molecule has 2 saturated carbocycles. The summed E-state index contributed by atoms with van der Waals surface area (Å²) in [4.78, 5) is 17.5. The Labute approximate surface area is 222 Å². The number of hydrogen-bond donors (Lipinski definition) is 4. The van der Waals surface area contributed by atoms with Gasteiger partial charge >= 0.3 is 0 Å². The van der Waals surface area contributed by atoms with Crippen LogP contribution in [0.2, 0.25) is 0 Å². The molecule has 4 unspecified atom stereocenters. The van der Waals surface area contributed by atoms with Gasteiger partial charge in [-0.3, -0.25) is 10.2 Å². The number of carbonyl (C=O) groups is 1. The first-order chi connectivity index (χ1) is 18.2. The number of ether oxygens (including phenoxy) is 2. The van der Waals surface area contributed by atoms with Gasteiger partial charge in [-0.25, -0.2) is 23.1 Å². The van der Waals surface area contributed by atoms with Crippen LogP contribution in [0.1, 0.15) is 31.2 Å². The number of hydrazine groups is 1. The highest BCUT2D eigenvalue weighted by Gasteiger charge is 2.67. The first-order valence-electron chi connectivity index (χ1n) is 12.9. The van der Waals surface area contributed by atoms with Crippen LogP contribution in [0, 0.1) is 17.8 Å². The van der Waals surface area contributed by atoms with Crippen molar-refractivity contribution in [1.29, 1.82) is 0 Å². The van der Waals surface area contributed by atoms with Crippen molar-refractivity contribution < 1.29 is 22.7 Å². The molecule has 2 aliphatic carbocycles. The average molecular weight is 543 g/mol. The number of rotatable bonds is 7. The van der Waals surface area contributed by atoms with Crippen LogP contribution >= 0.6 is 0 Å². The van der Waals surface area contributed by atoms with Crippen molar-refractivity contribution in [3.63, 3.8) is 0 Å². The predicted molar refractivity (Wildman–Crippen MR) is 141 cm³/mol. The monoisotopic (exact) mass is 542 g/mol. The fourth-order valence-electron chi connectivity index (χ4n) is 6.71. The molecule has 3 heterocycles. The van der Waals surface area contributed by atoms with Crippen LogP contribution in [0.25, 0.3) is 0 Å². The molecule has 6 rings (SSSR count). The van der Waals surface area contributed by atoms with E-state index in [1.165, 1.54) is 33.5 Å². The van der Waals surface area contributed by atoms with Gasteiger partial charge in [-0.2, -0.15) is 0 Å². The first kappa shape index (κ1) is 25.4. The zero-order valence-electron chi connectivity index (χ0n) is 21.9. The minimum Gasteiger partial charge on any atom is -0.497 e. The summed E-state index contributed by atoms with van der Waals surface area (Å²) < 4.78 is 37.1. The van der Waals surface area contributed by atoms with Crippen LogP contribution in [0.4, 0.5) is 11.5 Å². The molecule has 11 nitrogen and oxygen atoms in total. The predicted octanol–water partition coefficient (Wildman–Crippen LogP) is 1.89. The zero-order valence-corrected chi connectivity index (χ0v) is 22.8. The lowest BCUT2D eigenvalue weighted by Crippen LogP contribution is -2.39. The van der Waals surface area contributed by atoms with Crippen molar-refractivity contribution in [2.75, 3.05) is 38.9 Å². The Morgan fingerprint density at radius 3 is 2.68 bits per heavy atom. The van der Waals surface area contributed by atoms with Gasteiger partial charge in [0.2, 0.25) is 15.9 Å². The maximum absolute atomic E-state index is 13.1. The Balaban J connectivity index is 1.14. The largest absolute Gasteiger partial charge is 0.497 e. The Morgan fingerprint density at radius 1 is 1.13 bits per heavy atom. The number of anilines is 2. The minimum atomic E-state index is -3.62. The van der Waals surface area contributed by atoms with Gasteiger partial charge in [-0.1, -0.05) is 0 Å². The second kappa shape index (κ2) is 9.08. The van der Waals surface area contributed by atoms with Crippen LogP contribution in [0.3, 0.4) is 0 Å². The third-order valence-electron chi connectivity index (χ3n) is 8.86. The molecule has 1 aromatic carbocycles. The third kappa shape index (κ3) is 3.84. The van der Waals surface area contributed by atoms with Gasteiger partial charge in [0.15, 0.2) is 11.6 Å². The molecule has 0 bridgehead atoms. The molecule has 3 fully saturated rings. The second-order valence-electron chi connectivity index (χ2n) is 10.9. The van der Waals surface area contributed by atoms with E-state index in [4.69, 9.17) is 9.47 Å². The topological polar surface area (TPSA) is 134 Å². The highest BCUT2D eigenvalue weighted by atomic mass is 32.2. The molecule has 1 aromatic heterocycles. The summed E-state index contributed by atoms with van der Waals surface area (Å²) in [5.74, 6) is 2.81. The maximum Gasteiger partial charge on any atom is 0.244 e. The van der Waals surface area contributed by atoms with Gasteiger partial charge in [-0.15, -0.1) is 0 Å². The fourth-order valence-corrected chi connectivity index (χ4v) is 7.57. The van der Waals surface area contributed by atoms with E-state index in [2.05, 4.69) is 26.5 Å². The summed E-state index contributed by atoms with van der Waals surface area (Å²) in [5.41, 5.74) is 8.36. The van der Waals surface area contributed by atoms with E-state index in [1.54, 1.807) is 7.11 Å². The number of hydrogen-bond acceptors (Lipinski definition) is 9. The summed E-state index contributed by atoms with van der Waals surface area (Å²) in [6, 6.07) is 7.59. The smallest absolute Gasteiger partial charge is 0.244 e. The van der Waals surface area contributed by atoms with Gasteiger partial charge in [0, 0.05) is 44.0 Å². The second-order valence-corrected chi connectivity index (χ2v) is 13.1. The first-order valence-corrected chi connectivity index (χ1v) is 14.4. The van der Waals surface area contributed by atoms with E-state index in [9.17, 15) is 13.2 Å². The number of methoxy groups -OCH3 is 2. The van der Waals surface area contributed by atoms with Gasteiger partial charge in [0.05, 0.1) is 25.8 Å². The van der Waals surface area contributed by atoms with E-state index in [0.29, 0.717) is 29.3 Å². The number of sulfonamides is 1. The molecule has 6 atom stereocenters. The van der Waals surface area contributed by atoms with Gasteiger partial charge in [-0.05, 0) is 61.3 Å². The number of carbonyl (C=O) groups excluding carboxylic acids is 1. The zero-order chi connectivity index (χ0) is 26.8. The number of pyridine rings is 1. The molecule has 4 aliphatic rings. The van der Waals surface area contributed by atoms with Gasteiger partial charge < -0.3 is 20.1 Å². The van der Waals surface area contributed by atoms with Crippen molar-refractivity contribution in [1.82, 2.24) is 20.1 Å². The van der Waals surface area contributed by atoms with Crippen molar-refractivity contribution in [2.24, 2.45) is 17.8 Å². The molecule has 1 saturated heterocycles. The molecule has 1 spiro atoms. The highest BCUT2D eigenvalue weighted by Crippen LogP contribution is 2.65. The summed E-state index contributed by atoms with van der Waals surface area (Å²) in [5, 5.41) is 6.50. The Bertz CT molecular complexity index is 1380. The lowest BCUT2D eigenvalue weighted by molar-refractivity contribution is -0.118. The summed E-state index contributed by atoms with van der Waals surface area (Å²) in [6.07, 6.45) is 5.13. The van der Waals surface area contributed by atoms with Crippen LogP contribution in [0.15, 0.2) is 35.4 Å². The fraction of sp³-hybridized carbons (Fsp3) is 0.538. The summed E-state index contributed by atoms with van der Waals surface area (Å²) >= 11 is 0. The standard InChI is InChI=1S/C26H34N6O5S/c1-32(2)38(34,35)16-11-22(37-4)24(27-13-16)29-23-17-7-5-14(9-21(17)30-31-23)19-12-26(19)18-10-15(36-3)6-8-20(18)28-25(26)33/h6,8,10-11,13-14,17,19,21,23,30-31H,5,7,9,12H2,1-4H3,(H,27,29)(H,28,33)/t14?,17?,19-,21?,23?,26-/m0/s1. The van der Waals surface area contributed by atoms with E-state index in [1.807, 2.05) is 18.2 Å². The van der Waals surface area contributed by atoms with E-state index in [0.717, 1.165) is 47.0 Å². The van der Waals surface area contributed by atoms with Crippen LogP contribution in [-0.4, -0.2) is 64.1 Å². The average Bonchev–Trinajstić information content (AvgIpc) is 3.46. The quantitative estimate of drug-likeness (QED) is 0.414. The molecule has 4 N–H and O–H groups in total. The van der Waals surface area contributed by atoms with E-state index in [-0.39, 0.29) is 23.0 Å². The molecule has 0 radical (unpaired) electrons. The molecule has 12 heteroatoms. The van der Waals surface area contributed by atoms with Crippen molar-refractivity contribution in [3.8, 4) is 11.5 Å². The minimum absolute atomic E-state index is 0.0781. The van der Waals surface area contributed by atoms with Gasteiger partial charge in [0.1, 0.15) is 10.6 Å². The number of benzene rings is 1. The Hall–Kier alpha value is -2.93. The molecular formula is C26H34N6O5S. The van der Waals surface area contributed by atoms with Crippen molar-refractivity contribution in [3.05, 3.63) is 36.0 Å². The van der Waals surface area contributed by atoms with Crippen molar-refractivity contribution >= 4 is 27.4 Å². The highest BCUT2D eigenvalue weighted by molar-refractivity contribution is 7.89. The number of nitrogens with zero attached hydrogens (tertiary/aromatic N) is 2. The third-order valence-corrected chi connectivity index (χ3v) is 10.6.